The number of para-hydroxylation sites is 1. The maximum absolute atomic E-state index is 12.8. The molecule has 0 aliphatic heterocycles. The second-order valence-electron chi connectivity index (χ2n) is 6.33. The number of aromatic nitrogens is 6. The van der Waals surface area contributed by atoms with E-state index in [0.29, 0.717) is 22.2 Å². The van der Waals surface area contributed by atoms with Crippen LogP contribution in [0.3, 0.4) is 0 Å². The number of hydrogen-bond donors (Lipinski definition) is 1. The molecule has 10 heteroatoms. The van der Waals surface area contributed by atoms with E-state index in [0.717, 1.165) is 5.69 Å². The molecule has 2 aromatic carbocycles. The standard InChI is InChI=1S/C20H17N7O2S/c1-13-11-17(28)18(23-26(13)15-8-4-3-5-9-15)19(29)21-14-7-6-10-16(12-14)27-20(30-2)22-24-25-27/h3-12H,1-2H3,(H,21,29). The molecule has 0 saturated heterocycles. The number of tetrazole rings is 1. The number of nitrogens with one attached hydrogen (secondary N) is 1. The maximum atomic E-state index is 12.8. The smallest absolute Gasteiger partial charge is 0.280 e. The van der Waals surface area contributed by atoms with Gasteiger partial charge in [0.1, 0.15) is 0 Å². The summed E-state index contributed by atoms with van der Waals surface area (Å²) in [5, 5.41) is 19.2. The predicted octanol–water partition coefficient (Wildman–Crippen LogP) is 2.49. The van der Waals surface area contributed by atoms with Crippen LogP contribution in [-0.2, 0) is 0 Å². The lowest BCUT2D eigenvalue weighted by molar-refractivity contribution is 0.101. The Morgan fingerprint density at radius 1 is 1.00 bits per heavy atom. The van der Waals surface area contributed by atoms with Crippen molar-refractivity contribution in [1.29, 1.82) is 0 Å². The van der Waals surface area contributed by atoms with Gasteiger partial charge in [0.15, 0.2) is 5.69 Å². The molecule has 0 saturated carbocycles. The molecule has 1 amide bonds. The summed E-state index contributed by atoms with van der Waals surface area (Å²) in [5.74, 6) is -0.594. The molecule has 30 heavy (non-hydrogen) atoms. The van der Waals surface area contributed by atoms with Crippen LogP contribution in [-0.4, -0.2) is 42.2 Å². The molecule has 0 aliphatic carbocycles. The summed E-state index contributed by atoms with van der Waals surface area (Å²) in [6.45, 7) is 1.77. The average molecular weight is 419 g/mol. The Kier molecular flexibility index (Phi) is 5.40. The molecule has 150 valence electrons. The SMILES string of the molecule is CSc1nnnn1-c1cccc(NC(=O)c2nn(-c3ccccc3)c(C)cc2=O)c1. The quantitative estimate of drug-likeness (QED) is 0.495. The molecule has 4 aromatic rings. The van der Waals surface area contributed by atoms with E-state index < -0.39 is 11.3 Å². The Labute approximate surface area is 175 Å². The molecule has 0 spiro atoms. The summed E-state index contributed by atoms with van der Waals surface area (Å²) in [4.78, 5) is 25.2. The van der Waals surface area contributed by atoms with Crippen LogP contribution in [0.15, 0.2) is 70.6 Å². The third-order valence-corrected chi connectivity index (χ3v) is 4.92. The lowest BCUT2D eigenvalue weighted by atomic mass is 10.2. The molecule has 0 aliphatic rings. The van der Waals surface area contributed by atoms with E-state index in [9.17, 15) is 9.59 Å². The molecule has 1 N–H and O–H groups in total. The molecule has 0 atom stereocenters. The van der Waals surface area contributed by atoms with Gasteiger partial charge in [0.2, 0.25) is 10.6 Å². The second kappa shape index (κ2) is 8.29. The Hall–Kier alpha value is -3.79. The van der Waals surface area contributed by atoms with E-state index in [2.05, 4.69) is 25.9 Å². The van der Waals surface area contributed by atoms with Gasteiger partial charge in [-0.25, -0.2) is 4.68 Å². The number of benzene rings is 2. The fourth-order valence-corrected chi connectivity index (χ4v) is 3.34. The number of nitrogens with zero attached hydrogens (tertiary/aromatic N) is 6. The molecule has 0 unspecified atom stereocenters. The van der Waals surface area contributed by atoms with Crippen molar-refractivity contribution in [2.75, 3.05) is 11.6 Å². The van der Waals surface area contributed by atoms with Gasteiger partial charge in [-0.15, -0.1) is 5.10 Å². The molecule has 4 rings (SSSR count). The van der Waals surface area contributed by atoms with E-state index >= 15 is 0 Å². The van der Waals surface area contributed by atoms with Gasteiger partial charge in [0.05, 0.1) is 11.4 Å². The number of carbonyl (C=O) groups is 1. The summed E-state index contributed by atoms with van der Waals surface area (Å²) >= 11 is 1.40. The summed E-state index contributed by atoms with van der Waals surface area (Å²) in [7, 11) is 0. The Morgan fingerprint density at radius 3 is 2.53 bits per heavy atom. The van der Waals surface area contributed by atoms with Crippen molar-refractivity contribution in [2.45, 2.75) is 12.1 Å². The zero-order chi connectivity index (χ0) is 21.1. The van der Waals surface area contributed by atoms with Gasteiger partial charge in [-0.05, 0) is 53.9 Å². The van der Waals surface area contributed by atoms with Crippen molar-refractivity contribution in [3.05, 3.63) is 82.3 Å². The molecule has 2 heterocycles. The molecular formula is C20H17N7O2S. The lowest BCUT2D eigenvalue weighted by Gasteiger charge is -2.11. The van der Waals surface area contributed by atoms with Gasteiger partial charge in [-0.3, -0.25) is 9.59 Å². The summed E-state index contributed by atoms with van der Waals surface area (Å²) < 4.78 is 3.13. The average Bonchev–Trinajstić information content (AvgIpc) is 3.23. The first-order chi connectivity index (χ1) is 14.6. The minimum absolute atomic E-state index is 0.193. The molecule has 0 fully saturated rings. The fourth-order valence-electron chi connectivity index (χ4n) is 2.91. The van der Waals surface area contributed by atoms with Crippen molar-refractivity contribution in [2.24, 2.45) is 0 Å². The van der Waals surface area contributed by atoms with Crippen molar-refractivity contribution < 1.29 is 4.79 Å². The van der Waals surface area contributed by atoms with Gasteiger partial charge >= 0.3 is 0 Å². The van der Waals surface area contributed by atoms with Crippen LogP contribution >= 0.6 is 11.8 Å². The van der Waals surface area contributed by atoms with Gasteiger partial charge in [-0.2, -0.15) is 9.78 Å². The summed E-state index contributed by atoms with van der Waals surface area (Å²) in [6, 6.07) is 17.7. The van der Waals surface area contributed by atoms with E-state index in [-0.39, 0.29) is 5.69 Å². The summed E-state index contributed by atoms with van der Waals surface area (Å²) in [6.07, 6.45) is 1.87. The third-order valence-electron chi connectivity index (χ3n) is 4.30. The van der Waals surface area contributed by atoms with Gasteiger partial charge < -0.3 is 5.32 Å². The number of thioether (sulfide) groups is 1. The van der Waals surface area contributed by atoms with Crippen molar-refractivity contribution in [3.8, 4) is 11.4 Å². The van der Waals surface area contributed by atoms with Crippen molar-refractivity contribution >= 4 is 23.4 Å². The fraction of sp³-hybridized carbons (Fsp3) is 0.100. The highest BCUT2D eigenvalue weighted by atomic mass is 32.2. The molecule has 0 bridgehead atoms. The number of rotatable bonds is 5. The molecule has 9 nitrogen and oxygen atoms in total. The first-order valence-electron chi connectivity index (χ1n) is 8.97. The minimum atomic E-state index is -0.594. The van der Waals surface area contributed by atoms with E-state index in [1.807, 2.05) is 42.7 Å². The van der Waals surface area contributed by atoms with Crippen LogP contribution in [0.25, 0.3) is 11.4 Å². The van der Waals surface area contributed by atoms with E-state index in [4.69, 9.17) is 0 Å². The predicted molar refractivity (Wildman–Crippen MR) is 113 cm³/mol. The van der Waals surface area contributed by atoms with Crippen LogP contribution in [0.4, 0.5) is 5.69 Å². The van der Waals surface area contributed by atoms with Gasteiger partial charge in [0, 0.05) is 17.4 Å². The Morgan fingerprint density at radius 2 is 1.77 bits per heavy atom. The first kappa shape index (κ1) is 19.5. The maximum Gasteiger partial charge on any atom is 0.280 e. The number of hydrogen-bond acceptors (Lipinski definition) is 7. The lowest BCUT2D eigenvalue weighted by Crippen LogP contribution is -2.26. The van der Waals surface area contributed by atoms with Crippen LogP contribution < -0.4 is 10.7 Å². The highest BCUT2D eigenvalue weighted by Crippen LogP contribution is 2.19. The van der Waals surface area contributed by atoms with Crippen molar-refractivity contribution in [1.82, 2.24) is 30.0 Å². The monoisotopic (exact) mass is 419 g/mol. The van der Waals surface area contributed by atoms with E-state index in [1.165, 1.54) is 17.8 Å². The first-order valence-corrected chi connectivity index (χ1v) is 10.2. The highest BCUT2D eigenvalue weighted by molar-refractivity contribution is 7.98. The largest absolute Gasteiger partial charge is 0.320 e. The van der Waals surface area contributed by atoms with E-state index in [1.54, 1.807) is 34.5 Å². The topological polar surface area (TPSA) is 108 Å². The van der Waals surface area contributed by atoms with Gasteiger partial charge in [-0.1, -0.05) is 36.0 Å². The Balaban J connectivity index is 1.65. The summed E-state index contributed by atoms with van der Waals surface area (Å²) in [5.41, 5.74) is 1.93. The number of carbonyl (C=O) groups excluding carboxylic acids is 1. The number of aryl methyl sites for hydroxylation is 1. The van der Waals surface area contributed by atoms with Gasteiger partial charge in [0.25, 0.3) is 5.91 Å². The highest BCUT2D eigenvalue weighted by Gasteiger charge is 2.16. The minimum Gasteiger partial charge on any atom is -0.320 e. The normalized spacial score (nSPS) is 10.7. The Bertz CT molecular complexity index is 1270. The number of amides is 1. The van der Waals surface area contributed by atoms with Crippen molar-refractivity contribution in [3.63, 3.8) is 0 Å². The molecule has 2 aromatic heterocycles. The van der Waals surface area contributed by atoms with Crippen LogP contribution in [0.1, 0.15) is 16.2 Å². The van der Waals surface area contributed by atoms with Crippen LogP contribution in [0.5, 0.6) is 0 Å². The zero-order valence-electron chi connectivity index (χ0n) is 16.2. The molecule has 0 radical (unpaired) electrons. The van der Waals surface area contributed by atoms with Crippen LogP contribution in [0.2, 0.25) is 0 Å². The zero-order valence-corrected chi connectivity index (χ0v) is 17.0. The van der Waals surface area contributed by atoms with Crippen LogP contribution in [0, 0.1) is 6.92 Å². The molecular weight excluding hydrogens is 402 g/mol. The third kappa shape index (κ3) is 3.85. The number of anilines is 1. The second-order valence-corrected chi connectivity index (χ2v) is 7.10.